The maximum absolute atomic E-state index is 4.11. The Bertz CT molecular complexity index is 236. The zero-order valence-electron chi connectivity index (χ0n) is 6.73. The topological polar surface area (TPSA) is 37.1 Å². The highest BCUT2D eigenvalue weighted by Crippen LogP contribution is 2.11. The van der Waals surface area contributed by atoms with Crippen LogP contribution in [0.2, 0.25) is 0 Å². The number of nitrogens with zero attached hydrogens (tertiary/aromatic N) is 3. The molecule has 0 N–H and O–H groups in total. The average molecular weight is 149 g/mol. The first-order chi connectivity index (χ1) is 5.33. The maximum Gasteiger partial charge on any atom is 0.181 e. The lowest BCUT2D eigenvalue weighted by molar-refractivity contribution is 0.856. The number of allylic oxidation sites excluding steroid dienone is 3. The van der Waals surface area contributed by atoms with Crippen LogP contribution in [0.25, 0.3) is 0 Å². The van der Waals surface area contributed by atoms with Gasteiger partial charge in [0, 0.05) is 6.21 Å². The molecule has 0 radical (unpaired) electrons. The second-order valence-corrected chi connectivity index (χ2v) is 2.26. The van der Waals surface area contributed by atoms with Gasteiger partial charge in [0.1, 0.15) is 0 Å². The van der Waals surface area contributed by atoms with E-state index >= 15 is 0 Å². The summed E-state index contributed by atoms with van der Waals surface area (Å²) in [5, 5.41) is 7.73. The molecule has 0 amide bonds. The summed E-state index contributed by atoms with van der Waals surface area (Å²) in [5.41, 5.74) is 0.938. The standard InChI is InChI=1S/C8H11N3/c1-3-4-5-9-8-6-7(2)10-11-8/h3-6,8H,1-2H3/b4-3-,9-5-. The Hall–Kier alpha value is -1.25. The predicted molar refractivity (Wildman–Crippen MR) is 45.7 cm³/mol. The van der Waals surface area contributed by atoms with Gasteiger partial charge in [-0.2, -0.15) is 10.2 Å². The van der Waals surface area contributed by atoms with E-state index in [2.05, 4.69) is 15.2 Å². The molecule has 0 spiro atoms. The monoisotopic (exact) mass is 149 g/mol. The molecule has 0 saturated heterocycles. The average Bonchev–Trinajstić information content (AvgIpc) is 2.37. The first-order valence-electron chi connectivity index (χ1n) is 3.56. The van der Waals surface area contributed by atoms with Crippen molar-refractivity contribution in [1.29, 1.82) is 0 Å². The van der Waals surface area contributed by atoms with Gasteiger partial charge in [0.2, 0.25) is 0 Å². The fraction of sp³-hybridized carbons (Fsp3) is 0.375. The second-order valence-electron chi connectivity index (χ2n) is 2.26. The second kappa shape index (κ2) is 3.81. The summed E-state index contributed by atoms with van der Waals surface area (Å²) in [6, 6.07) is 0. The minimum atomic E-state index is -0.0915. The van der Waals surface area contributed by atoms with Crippen molar-refractivity contribution in [3.05, 3.63) is 23.9 Å². The number of aliphatic imine (C=N–C) groups is 1. The zero-order valence-corrected chi connectivity index (χ0v) is 6.73. The van der Waals surface area contributed by atoms with Crippen molar-refractivity contribution in [2.45, 2.75) is 20.0 Å². The first kappa shape index (κ1) is 7.85. The molecule has 1 rings (SSSR count). The molecule has 11 heavy (non-hydrogen) atoms. The molecule has 0 aromatic rings. The van der Waals surface area contributed by atoms with Gasteiger partial charge in [0.15, 0.2) is 6.17 Å². The zero-order chi connectivity index (χ0) is 8.10. The largest absolute Gasteiger partial charge is 0.260 e. The molecule has 1 aliphatic heterocycles. The van der Waals surface area contributed by atoms with Gasteiger partial charge in [-0.05, 0) is 26.0 Å². The van der Waals surface area contributed by atoms with E-state index in [1.165, 1.54) is 0 Å². The lowest BCUT2D eigenvalue weighted by Gasteiger charge is -1.89. The fourth-order valence-corrected chi connectivity index (χ4v) is 0.729. The highest BCUT2D eigenvalue weighted by Gasteiger charge is 2.04. The lowest BCUT2D eigenvalue weighted by Crippen LogP contribution is -1.89. The Balaban J connectivity index is 2.47. The minimum absolute atomic E-state index is 0.0915. The summed E-state index contributed by atoms with van der Waals surface area (Å²) in [6.45, 7) is 3.86. The summed E-state index contributed by atoms with van der Waals surface area (Å²) < 4.78 is 0. The highest BCUT2D eigenvalue weighted by molar-refractivity contribution is 5.71. The van der Waals surface area contributed by atoms with E-state index in [0.717, 1.165) is 5.70 Å². The quantitative estimate of drug-likeness (QED) is 0.540. The molecule has 0 aromatic carbocycles. The van der Waals surface area contributed by atoms with E-state index in [4.69, 9.17) is 0 Å². The lowest BCUT2D eigenvalue weighted by atomic mass is 10.4. The van der Waals surface area contributed by atoms with Crippen molar-refractivity contribution in [1.82, 2.24) is 0 Å². The number of azo groups is 1. The third-order valence-corrected chi connectivity index (χ3v) is 1.24. The first-order valence-corrected chi connectivity index (χ1v) is 3.56. The molecule has 1 aliphatic rings. The molecule has 3 nitrogen and oxygen atoms in total. The van der Waals surface area contributed by atoms with Gasteiger partial charge in [-0.1, -0.05) is 6.08 Å². The Labute approximate surface area is 66.3 Å². The van der Waals surface area contributed by atoms with E-state index in [-0.39, 0.29) is 6.17 Å². The number of rotatable bonds is 2. The van der Waals surface area contributed by atoms with Crippen LogP contribution in [0.5, 0.6) is 0 Å². The van der Waals surface area contributed by atoms with Crippen LogP contribution < -0.4 is 0 Å². The summed E-state index contributed by atoms with van der Waals surface area (Å²) in [5.74, 6) is 0. The van der Waals surface area contributed by atoms with Crippen LogP contribution in [-0.2, 0) is 0 Å². The maximum atomic E-state index is 4.11. The van der Waals surface area contributed by atoms with Crippen LogP contribution in [0.1, 0.15) is 13.8 Å². The molecule has 0 aliphatic carbocycles. The van der Waals surface area contributed by atoms with Crippen molar-refractivity contribution in [2.24, 2.45) is 15.2 Å². The van der Waals surface area contributed by atoms with Gasteiger partial charge in [-0.25, -0.2) is 0 Å². The minimum Gasteiger partial charge on any atom is -0.260 e. The van der Waals surface area contributed by atoms with Gasteiger partial charge in [0.25, 0.3) is 0 Å². The van der Waals surface area contributed by atoms with Gasteiger partial charge in [-0.3, -0.25) is 4.99 Å². The molecule has 1 atom stereocenters. The molecule has 1 heterocycles. The van der Waals surface area contributed by atoms with E-state index in [0.29, 0.717) is 0 Å². The molecule has 0 saturated carbocycles. The van der Waals surface area contributed by atoms with E-state index in [1.807, 2.05) is 32.1 Å². The van der Waals surface area contributed by atoms with Crippen LogP contribution in [0.15, 0.2) is 39.1 Å². The number of hydrogen-bond acceptors (Lipinski definition) is 3. The van der Waals surface area contributed by atoms with E-state index in [1.54, 1.807) is 6.21 Å². The third-order valence-electron chi connectivity index (χ3n) is 1.24. The predicted octanol–water partition coefficient (Wildman–Crippen LogP) is 2.33. The SMILES string of the molecule is C/C=C\C=N/C1C=C(C)N=N1. The summed E-state index contributed by atoms with van der Waals surface area (Å²) in [6.07, 6.45) is 7.35. The normalized spacial score (nSPS) is 23.8. The van der Waals surface area contributed by atoms with Gasteiger partial charge in [-0.15, -0.1) is 0 Å². The summed E-state index contributed by atoms with van der Waals surface area (Å²) in [7, 11) is 0. The highest BCUT2D eigenvalue weighted by atomic mass is 15.2. The number of hydrogen-bond donors (Lipinski definition) is 0. The molecular weight excluding hydrogens is 138 g/mol. The van der Waals surface area contributed by atoms with Gasteiger partial charge < -0.3 is 0 Å². The van der Waals surface area contributed by atoms with E-state index < -0.39 is 0 Å². The molecule has 3 heteroatoms. The third kappa shape index (κ3) is 2.45. The molecule has 1 unspecified atom stereocenters. The van der Waals surface area contributed by atoms with Crippen LogP contribution in [0.3, 0.4) is 0 Å². The van der Waals surface area contributed by atoms with Crippen LogP contribution in [-0.4, -0.2) is 12.4 Å². The smallest absolute Gasteiger partial charge is 0.181 e. The Morgan fingerprint density at radius 2 is 2.45 bits per heavy atom. The fourth-order valence-electron chi connectivity index (χ4n) is 0.729. The van der Waals surface area contributed by atoms with Crippen molar-refractivity contribution in [3.8, 4) is 0 Å². The Kier molecular flexibility index (Phi) is 2.72. The van der Waals surface area contributed by atoms with Crippen LogP contribution >= 0.6 is 0 Å². The molecule has 58 valence electrons. The van der Waals surface area contributed by atoms with Crippen molar-refractivity contribution >= 4 is 6.21 Å². The Morgan fingerprint density at radius 1 is 1.64 bits per heavy atom. The van der Waals surface area contributed by atoms with Gasteiger partial charge >= 0.3 is 0 Å². The summed E-state index contributed by atoms with van der Waals surface area (Å²) in [4.78, 5) is 4.11. The van der Waals surface area contributed by atoms with Crippen molar-refractivity contribution in [3.63, 3.8) is 0 Å². The molecular formula is C8H11N3. The van der Waals surface area contributed by atoms with Crippen molar-refractivity contribution in [2.75, 3.05) is 0 Å². The molecule has 0 bridgehead atoms. The van der Waals surface area contributed by atoms with Gasteiger partial charge in [0.05, 0.1) is 5.70 Å². The van der Waals surface area contributed by atoms with Crippen molar-refractivity contribution < 1.29 is 0 Å². The molecule has 0 fully saturated rings. The van der Waals surface area contributed by atoms with E-state index in [9.17, 15) is 0 Å². The van der Waals surface area contributed by atoms with Crippen LogP contribution in [0.4, 0.5) is 0 Å². The Morgan fingerprint density at radius 3 is 3.00 bits per heavy atom. The van der Waals surface area contributed by atoms with Crippen LogP contribution in [0, 0.1) is 0 Å². The molecule has 0 aromatic heterocycles. The summed E-state index contributed by atoms with van der Waals surface area (Å²) >= 11 is 0.